The second-order valence-electron chi connectivity index (χ2n) is 6.04. The standard InChI is InChI=1S/C18H22N4O3/c1-19-18-20-8-12(9-21-18)10-22(2)17(23)14-6-13-7-15(24-3)4-5-16(13)25-11-14/h4-5,7-9,14H,6,10-11H2,1-3H3,(H,19,20,21)/t14-/m0/s1. The Hall–Kier alpha value is -2.83. The molecule has 0 aliphatic carbocycles. The monoisotopic (exact) mass is 342 g/mol. The predicted molar refractivity (Wildman–Crippen MR) is 93.7 cm³/mol. The summed E-state index contributed by atoms with van der Waals surface area (Å²) in [6, 6.07) is 5.68. The molecule has 1 aliphatic rings. The van der Waals surface area contributed by atoms with Crippen molar-refractivity contribution in [3.8, 4) is 11.5 Å². The van der Waals surface area contributed by atoms with Crippen molar-refractivity contribution in [1.82, 2.24) is 14.9 Å². The SMILES string of the molecule is CNc1ncc(CN(C)C(=O)[C@@H]2COc3ccc(OC)cc3C2)cn1. The zero-order valence-corrected chi connectivity index (χ0v) is 14.7. The zero-order valence-electron chi connectivity index (χ0n) is 14.7. The van der Waals surface area contributed by atoms with Crippen molar-refractivity contribution in [2.45, 2.75) is 13.0 Å². The van der Waals surface area contributed by atoms with Crippen LogP contribution in [0.2, 0.25) is 0 Å². The first-order valence-electron chi connectivity index (χ1n) is 8.14. The number of anilines is 1. The van der Waals surface area contributed by atoms with Crippen LogP contribution < -0.4 is 14.8 Å². The minimum Gasteiger partial charge on any atom is -0.497 e. The summed E-state index contributed by atoms with van der Waals surface area (Å²) in [5.74, 6) is 1.99. The number of carbonyl (C=O) groups excluding carboxylic acids is 1. The van der Waals surface area contributed by atoms with Crippen LogP contribution in [0.4, 0.5) is 5.95 Å². The lowest BCUT2D eigenvalue weighted by Gasteiger charge is -2.28. The third kappa shape index (κ3) is 3.81. The molecule has 0 spiro atoms. The van der Waals surface area contributed by atoms with Crippen LogP contribution in [-0.2, 0) is 17.8 Å². The van der Waals surface area contributed by atoms with Gasteiger partial charge >= 0.3 is 0 Å². The van der Waals surface area contributed by atoms with E-state index >= 15 is 0 Å². The number of amides is 1. The molecular weight excluding hydrogens is 320 g/mol. The van der Waals surface area contributed by atoms with Crippen molar-refractivity contribution >= 4 is 11.9 Å². The van der Waals surface area contributed by atoms with E-state index < -0.39 is 0 Å². The van der Waals surface area contributed by atoms with Crippen LogP contribution in [0.5, 0.6) is 11.5 Å². The highest BCUT2D eigenvalue weighted by Gasteiger charge is 2.28. The van der Waals surface area contributed by atoms with Crippen LogP contribution >= 0.6 is 0 Å². The number of aromatic nitrogens is 2. The van der Waals surface area contributed by atoms with Gasteiger partial charge in [-0.3, -0.25) is 4.79 Å². The second-order valence-corrected chi connectivity index (χ2v) is 6.04. The summed E-state index contributed by atoms with van der Waals surface area (Å²) in [6.07, 6.45) is 4.09. The van der Waals surface area contributed by atoms with E-state index in [4.69, 9.17) is 9.47 Å². The third-order valence-electron chi connectivity index (χ3n) is 4.25. The van der Waals surface area contributed by atoms with Crippen molar-refractivity contribution in [3.05, 3.63) is 41.7 Å². The highest BCUT2D eigenvalue weighted by molar-refractivity contribution is 5.79. The molecule has 0 bridgehead atoms. The number of nitrogens with one attached hydrogen (secondary N) is 1. The fourth-order valence-electron chi connectivity index (χ4n) is 2.89. The first-order chi connectivity index (χ1) is 12.1. The molecule has 3 rings (SSSR count). The van der Waals surface area contributed by atoms with Crippen LogP contribution in [0.3, 0.4) is 0 Å². The molecule has 0 saturated carbocycles. The van der Waals surface area contributed by atoms with Crippen molar-refractivity contribution in [3.63, 3.8) is 0 Å². The van der Waals surface area contributed by atoms with Gasteiger partial charge < -0.3 is 19.7 Å². The van der Waals surface area contributed by atoms with Crippen molar-refractivity contribution in [2.75, 3.05) is 33.1 Å². The Kier molecular flexibility index (Phi) is 5.02. The number of hydrogen-bond donors (Lipinski definition) is 1. The third-order valence-corrected chi connectivity index (χ3v) is 4.25. The molecule has 132 valence electrons. The summed E-state index contributed by atoms with van der Waals surface area (Å²) < 4.78 is 11.0. The highest BCUT2D eigenvalue weighted by Crippen LogP contribution is 2.31. The number of methoxy groups -OCH3 is 1. The fraction of sp³-hybridized carbons (Fsp3) is 0.389. The van der Waals surface area contributed by atoms with Crippen LogP contribution in [0.15, 0.2) is 30.6 Å². The first-order valence-corrected chi connectivity index (χ1v) is 8.14. The molecular formula is C18H22N4O3. The molecule has 2 heterocycles. The summed E-state index contributed by atoms with van der Waals surface area (Å²) >= 11 is 0. The van der Waals surface area contributed by atoms with Gasteiger partial charge in [-0.05, 0) is 30.2 Å². The lowest BCUT2D eigenvalue weighted by molar-refractivity contribution is -0.136. The number of nitrogens with zero attached hydrogens (tertiary/aromatic N) is 3. The number of ether oxygens (including phenoxy) is 2. The van der Waals surface area contributed by atoms with E-state index in [-0.39, 0.29) is 11.8 Å². The van der Waals surface area contributed by atoms with Gasteiger partial charge in [-0.2, -0.15) is 0 Å². The van der Waals surface area contributed by atoms with E-state index in [1.54, 1.807) is 38.5 Å². The predicted octanol–water partition coefficient (Wildman–Crippen LogP) is 1.74. The van der Waals surface area contributed by atoms with E-state index in [1.165, 1.54) is 0 Å². The molecule has 7 nitrogen and oxygen atoms in total. The van der Waals surface area contributed by atoms with Gasteiger partial charge in [0.2, 0.25) is 11.9 Å². The Morgan fingerprint density at radius 1 is 1.40 bits per heavy atom. The molecule has 0 fully saturated rings. The molecule has 2 aromatic rings. The molecule has 0 saturated heterocycles. The van der Waals surface area contributed by atoms with Gasteiger partial charge in [0, 0.05) is 38.6 Å². The maximum absolute atomic E-state index is 12.8. The number of benzene rings is 1. The van der Waals surface area contributed by atoms with Crippen LogP contribution in [0, 0.1) is 5.92 Å². The molecule has 1 aromatic carbocycles. The molecule has 1 N–H and O–H groups in total. The lowest BCUT2D eigenvalue weighted by atomic mass is 9.95. The Morgan fingerprint density at radius 3 is 2.84 bits per heavy atom. The van der Waals surface area contributed by atoms with Gasteiger partial charge in [0.25, 0.3) is 0 Å². The Balaban J connectivity index is 1.65. The molecule has 1 aromatic heterocycles. The first kappa shape index (κ1) is 17.0. The molecule has 0 unspecified atom stereocenters. The van der Waals surface area contributed by atoms with Crippen molar-refractivity contribution in [1.29, 1.82) is 0 Å². The molecule has 1 atom stereocenters. The average molecular weight is 342 g/mol. The maximum Gasteiger partial charge on any atom is 0.229 e. The van der Waals surface area contributed by atoms with Gasteiger partial charge in [-0.15, -0.1) is 0 Å². The summed E-state index contributed by atoms with van der Waals surface area (Å²) in [6.45, 7) is 0.849. The quantitative estimate of drug-likeness (QED) is 0.892. The second kappa shape index (κ2) is 7.38. The number of fused-ring (bicyclic) bond motifs is 1. The summed E-state index contributed by atoms with van der Waals surface area (Å²) in [7, 11) is 5.18. The highest BCUT2D eigenvalue weighted by atomic mass is 16.5. The largest absolute Gasteiger partial charge is 0.497 e. The van der Waals surface area contributed by atoms with Crippen LogP contribution in [-0.4, -0.2) is 48.6 Å². The number of carbonyl (C=O) groups is 1. The Morgan fingerprint density at radius 2 is 2.16 bits per heavy atom. The van der Waals surface area contributed by atoms with E-state index in [0.29, 0.717) is 25.5 Å². The molecule has 0 radical (unpaired) electrons. The van der Waals surface area contributed by atoms with E-state index in [0.717, 1.165) is 22.6 Å². The smallest absolute Gasteiger partial charge is 0.229 e. The maximum atomic E-state index is 12.8. The fourth-order valence-corrected chi connectivity index (χ4v) is 2.89. The summed E-state index contributed by atoms with van der Waals surface area (Å²) in [5.41, 5.74) is 1.88. The minimum atomic E-state index is -0.206. The number of rotatable bonds is 5. The molecule has 7 heteroatoms. The van der Waals surface area contributed by atoms with Crippen molar-refractivity contribution < 1.29 is 14.3 Å². The van der Waals surface area contributed by atoms with E-state index in [2.05, 4.69) is 15.3 Å². The minimum absolute atomic E-state index is 0.0474. The molecule has 1 aliphatic heterocycles. The van der Waals surface area contributed by atoms with Crippen LogP contribution in [0.25, 0.3) is 0 Å². The normalized spacial score (nSPS) is 15.7. The van der Waals surface area contributed by atoms with E-state index in [1.807, 2.05) is 18.2 Å². The average Bonchev–Trinajstić information content (AvgIpc) is 2.67. The summed E-state index contributed by atoms with van der Waals surface area (Å²) in [4.78, 5) is 22.8. The topological polar surface area (TPSA) is 76.6 Å². The van der Waals surface area contributed by atoms with Gasteiger partial charge in [0.1, 0.15) is 18.1 Å². The van der Waals surface area contributed by atoms with Crippen LogP contribution in [0.1, 0.15) is 11.1 Å². The van der Waals surface area contributed by atoms with Gasteiger partial charge in [-0.25, -0.2) is 9.97 Å². The summed E-state index contributed by atoms with van der Waals surface area (Å²) in [5, 5.41) is 2.87. The Labute approximate surface area is 147 Å². The van der Waals surface area contributed by atoms with E-state index in [9.17, 15) is 4.79 Å². The molecule has 25 heavy (non-hydrogen) atoms. The Bertz CT molecular complexity index is 748. The van der Waals surface area contributed by atoms with Gasteiger partial charge in [-0.1, -0.05) is 0 Å². The van der Waals surface area contributed by atoms with Crippen molar-refractivity contribution in [2.24, 2.45) is 5.92 Å². The van der Waals surface area contributed by atoms with Gasteiger partial charge in [0.05, 0.1) is 13.0 Å². The molecule has 1 amide bonds. The lowest BCUT2D eigenvalue weighted by Crippen LogP contribution is -2.38. The zero-order chi connectivity index (χ0) is 17.8. The number of hydrogen-bond acceptors (Lipinski definition) is 6. The van der Waals surface area contributed by atoms with Gasteiger partial charge in [0.15, 0.2) is 0 Å².